The van der Waals surface area contributed by atoms with Crippen molar-refractivity contribution in [1.29, 1.82) is 0 Å². The summed E-state index contributed by atoms with van der Waals surface area (Å²) in [5, 5.41) is 0. The molecule has 0 fully saturated rings. The molecule has 0 aromatic carbocycles. The van der Waals surface area contributed by atoms with Gasteiger partial charge >= 0.3 is 6.36 Å². The Balaban J connectivity index is 2.94. The van der Waals surface area contributed by atoms with Crippen LogP contribution in [0.4, 0.5) is 13.2 Å². The summed E-state index contributed by atoms with van der Waals surface area (Å²) in [6.45, 7) is 0. The van der Waals surface area contributed by atoms with Crippen molar-refractivity contribution in [2.45, 2.75) is 6.36 Å². The average Bonchev–Trinajstić information content (AvgIpc) is 1.94. The molecule has 0 aliphatic heterocycles. The molecule has 7 heteroatoms. The molecule has 13 heavy (non-hydrogen) atoms. The molecule has 1 rings (SSSR count). The third-order valence-electron chi connectivity index (χ3n) is 0.999. The summed E-state index contributed by atoms with van der Waals surface area (Å²) < 4.78 is 39.4. The molecule has 0 radical (unpaired) electrons. The number of nitrogens with zero attached hydrogens (tertiary/aromatic N) is 1. The largest absolute Gasteiger partial charge is 0.573 e. The monoisotopic (exact) mass is 319 g/mol. The molecule has 0 aliphatic carbocycles. The van der Waals surface area contributed by atoms with Gasteiger partial charge in [0.1, 0.15) is 4.60 Å². The minimum absolute atomic E-state index is 0.00743. The fourth-order valence-corrected chi connectivity index (χ4v) is 1.21. The Bertz CT molecular complexity index is 315. The average molecular weight is 321 g/mol. The molecule has 0 N–H and O–H groups in total. The maximum Gasteiger partial charge on any atom is 0.573 e. The third kappa shape index (κ3) is 3.51. The van der Waals surface area contributed by atoms with Crippen molar-refractivity contribution in [3.05, 3.63) is 21.3 Å². The standard InChI is InChI=1S/C6H2Br2F3NO/c7-3-1-4(5(8)12-2-3)13-6(9,10)11/h1-2H. The lowest BCUT2D eigenvalue weighted by Gasteiger charge is -2.09. The van der Waals surface area contributed by atoms with Crippen molar-refractivity contribution in [2.24, 2.45) is 0 Å². The number of hydrogen-bond donors (Lipinski definition) is 0. The van der Waals surface area contributed by atoms with Crippen LogP contribution in [0.1, 0.15) is 0 Å². The molecule has 0 amide bonds. The highest BCUT2D eigenvalue weighted by molar-refractivity contribution is 9.11. The van der Waals surface area contributed by atoms with E-state index in [-0.39, 0.29) is 10.4 Å². The van der Waals surface area contributed by atoms with Gasteiger partial charge in [0, 0.05) is 10.7 Å². The van der Waals surface area contributed by atoms with Crippen LogP contribution in [0.15, 0.2) is 21.3 Å². The van der Waals surface area contributed by atoms with Gasteiger partial charge in [-0.15, -0.1) is 13.2 Å². The van der Waals surface area contributed by atoms with Crippen LogP contribution >= 0.6 is 31.9 Å². The molecule has 0 atom stereocenters. The summed E-state index contributed by atoms with van der Waals surface area (Å²) >= 11 is 5.80. The Labute approximate surface area is 88.4 Å². The van der Waals surface area contributed by atoms with Gasteiger partial charge in [-0.1, -0.05) is 0 Å². The van der Waals surface area contributed by atoms with Crippen LogP contribution in [-0.4, -0.2) is 11.3 Å². The van der Waals surface area contributed by atoms with E-state index in [1.165, 1.54) is 12.3 Å². The van der Waals surface area contributed by atoms with Crippen molar-refractivity contribution in [3.63, 3.8) is 0 Å². The zero-order valence-electron chi connectivity index (χ0n) is 5.90. The molecule has 0 saturated heterocycles. The fraction of sp³-hybridized carbons (Fsp3) is 0.167. The van der Waals surface area contributed by atoms with Crippen LogP contribution in [0.25, 0.3) is 0 Å². The molecule has 0 saturated carbocycles. The molecule has 0 spiro atoms. The summed E-state index contributed by atoms with van der Waals surface area (Å²) in [5.41, 5.74) is 0. The first-order valence-corrected chi connectivity index (χ1v) is 4.54. The number of aromatic nitrogens is 1. The zero-order chi connectivity index (χ0) is 10.1. The molecule has 0 unspecified atom stereocenters. The number of ether oxygens (including phenoxy) is 1. The first-order chi connectivity index (χ1) is 5.88. The highest BCUT2D eigenvalue weighted by Gasteiger charge is 2.32. The Hall–Kier alpha value is -0.300. The van der Waals surface area contributed by atoms with Gasteiger partial charge in [-0.25, -0.2) is 4.98 Å². The van der Waals surface area contributed by atoms with E-state index in [1.807, 2.05) is 0 Å². The molecular formula is C6H2Br2F3NO. The van der Waals surface area contributed by atoms with E-state index < -0.39 is 6.36 Å². The topological polar surface area (TPSA) is 22.1 Å². The first kappa shape index (κ1) is 10.8. The highest BCUT2D eigenvalue weighted by atomic mass is 79.9. The Kier molecular flexibility index (Phi) is 3.18. The third-order valence-corrected chi connectivity index (χ3v) is 2.03. The summed E-state index contributed by atoms with van der Waals surface area (Å²) in [4.78, 5) is 3.61. The van der Waals surface area contributed by atoms with E-state index >= 15 is 0 Å². The van der Waals surface area contributed by atoms with E-state index in [9.17, 15) is 13.2 Å². The van der Waals surface area contributed by atoms with Crippen molar-refractivity contribution in [2.75, 3.05) is 0 Å². The van der Waals surface area contributed by atoms with Gasteiger partial charge in [-0.05, 0) is 37.9 Å². The molecular weight excluding hydrogens is 319 g/mol. The fourth-order valence-electron chi connectivity index (χ4n) is 0.600. The smallest absolute Gasteiger partial charge is 0.403 e. The van der Waals surface area contributed by atoms with Gasteiger partial charge in [-0.2, -0.15) is 0 Å². The minimum Gasteiger partial charge on any atom is -0.403 e. The Morgan fingerprint density at radius 2 is 1.92 bits per heavy atom. The maximum absolute atomic E-state index is 11.8. The van der Waals surface area contributed by atoms with Crippen molar-refractivity contribution in [3.8, 4) is 5.75 Å². The van der Waals surface area contributed by atoms with E-state index in [0.29, 0.717) is 4.47 Å². The van der Waals surface area contributed by atoms with Gasteiger partial charge in [-0.3, -0.25) is 0 Å². The highest BCUT2D eigenvalue weighted by Crippen LogP contribution is 2.30. The van der Waals surface area contributed by atoms with Crippen molar-refractivity contribution >= 4 is 31.9 Å². The second-order valence-corrected chi connectivity index (χ2v) is 3.66. The number of pyridine rings is 1. The van der Waals surface area contributed by atoms with E-state index in [2.05, 4.69) is 41.6 Å². The van der Waals surface area contributed by atoms with Crippen LogP contribution < -0.4 is 4.74 Å². The normalized spacial score (nSPS) is 11.5. The number of alkyl halides is 3. The van der Waals surface area contributed by atoms with E-state index in [4.69, 9.17) is 0 Å². The van der Waals surface area contributed by atoms with Crippen LogP contribution in [-0.2, 0) is 0 Å². The quantitative estimate of drug-likeness (QED) is 0.739. The second-order valence-electron chi connectivity index (χ2n) is 1.99. The second kappa shape index (κ2) is 3.83. The molecule has 1 heterocycles. The molecule has 72 valence electrons. The summed E-state index contributed by atoms with van der Waals surface area (Å²) in [7, 11) is 0. The van der Waals surface area contributed by atoms with Crippen molar-refractivity contribution < 1.29 is 17.9 Å². The van der Waals surface area contributed by atoms with Crippen LogP contribution in [0.2, 0.25) is 0 Å². The summed E-state index contributed by atoms with van der Waals surface area (Å²) in [5.74, 6) is -0.373. The van der Waals surface area contributed by atoms with Crippen LogP contribution in [0.3, 0.4) is 0 Å². The van der Waals surface area contributed by atoms with Crippen molar-refractivity contribution in [1.82, 2.24) is 4.98 Å². The molecule has 1 aromatic heterocycles. The van der Waals surface area contributed by atoms with Gasteiger partial charge in [0.25, 0.3) is 0 Å². The van der Waals surface area contributed by atoms with E-state index in [0.717, 1.165) is 0 Å². The Morgan fingerprint density at radius 1 is 1.31 bits per heavy atom. The SMILES string of the molecule is FC(F)(F)Oc1cc(Br)cnc1Br. The number of halogens is 5. The van der Waals surface area contributed by atoms with Crippen LogP contribution in [0.5, 0.6) is 5.75 Å². The number of hydrogen-bond acceptors (Lipinski definition) is 2. The lowest BCUT2D eigenvalue weighted by Crippen LogP contribution is -2.17. The van der Waals surface area contributed by atoms with Gasteiger partial charge in [0.05, 0.1) is 0 Å². The molecule has 2 nitrogen and oxygen atoms in total. The lowest BCUT2D eigenvalue weighted by molar-refractivity contribution is -0.275. The van der Waals surface area contributed by atoms with Crippen LogP contribution in [0, 0.1) is 0 Å². The summed E-state index contributed by atoms with van der Waals surface area (Å²) in [6, 6.07) is 1.17. The maximum atomic E-state index is 11.8. The predicted octanol–water partition coefficient (Wildman–Crippen LogP) is 3.51. The zero-order valence-corrected chi connectivity index (χ0v) is 9.07. The van der Waals surface area contributed by atoms with Gasteiger partial charge in [0.15, 0.2) is 5.75 Å². The Morgan fingerprint density at radius 3 is 2.46 bits per heavy atom. The predicted molar refractivity (Wildman–Crippen MR) is 46.3 cm³/mol. The first-order valence-electron chi connectivity index (χ1n) is 2.95. The van der Waals surface area contributed by atoms with Gasteiger partial charge in [0.2, 0.25) is 0 Å². The van der Waals surface area contributed by atoms with E-state index in [1.54, 1.807) is 0 Å². The molecule has 0 aliphatic rings. The minimum atomic E-state index is -4.70. The lowest BCUT2D eigenvalue weighted by atomic mass is 10.5. The molecule has 0 bridgehead atoms. The molecule has 1 aromatic rings. The summed E-state index contributed by atoms with van der Waals surface area (Å²) in [6.07, 6.45) is -3.35. The van der Waals surface area contributed by atoms with Gasteiger partial charge < -0.3 is 4.74 Å². The number of rotatable bonds is 1.